The standard InChI is InChI=1S/C7H10O7/c8-4(9)2-1-3(6(11)12)5(10)7(13)14/h3,5,10H,1-2H2,(H,8,9)(H,11,12)(H,13,14)/p-2. The van der Waals surface area contributed by atoms with E-state index in [1.165, 1.54) is 0 Å². The number of carbonyl (C=O) groups is 3. The van der Waals surface area contributed by atoms with Gasteiger partial charge in [0.1, 0.15) is 6.10 Å². The second-order valence-electron chi connectivity index (χ2n) is 2.60. The molecule has 7 nitrogen and oxygen atoms in total. The Morgan fingerprint density at radius 2 is 1.64 bits per heavy atom. The van der Waals surface area contributed by atoms with E-state index in [2.05, 4.69) is 0 Å². The Morgan fingerprint density at radius 3 is 1.93 bits per heavy atom. The second-order valence-corrected chi connectivity index (χ2v) is 2.60. The Bertz CT molecular complexity index is 252. The van der Waals surface area contributed by atoms with E-state index in [9.17, 15) is 29.7 Å². The number of rotatable bonds is 6. The molecule has 0 saturated carbocycles. The Morgan fingerprint density at radius 1 is 1.14 bits per heavy atom. The maximum atomic E-state index is 10.3. The zero-order valence-corrected chi connectivity index (χ0v) is 6.97. The van der Waals surface area contributed by atoms with Gasteiger partial charge in [0.2, 0.25) is 0 Å². The third kappa shape index (κ3) is 3.85. The van der Waals surface area contributed by atoms with Crippen LogP contribution in [0.1, 0.15) is 14.3 Å². The highest BCUT2D eigenvalue weighted by atomic mass is 16.4. The Balaban J connectivity index is 0. The van der Waals surface area contributed by atoms with Gasteiger partial charge in [-0.25, -0.2) is 0 Å². The summed E-state index contributed by atoms with van der Waals surface area (Å²) in [5, 5.41) is 39.1. The van der Waals surface area contributed by atoms with E-state index in [0.29, 0.717) is 0 Å². The van der Waals surface area contributed by atoms with Crippen LogP contribution < -0.4 is 15.3 Å². The molecule has 0 aromatic heterocycles. The first-order chi connectivity index (χ1) is 6.36. The molecule has 0 spiro atoms. The lowest BCUT2D eigenvalue weighted by Crippen LogP contribution is -2.48. The largest absolute Gasteiger partial charge is 1.00 e. The van der Waals surface area contributed by atoms with Crippen LogP contribution >= 0.6 is 0 Å². The SMILES string of the molecule is O=C([O-])CCC(C(=O)[O-])C(O)C(=O)[O-].[H+]. The average molecular weight is 204 g/mol. The van der Waals surface area contributed by atoms with Crippen LogP contribution in [-0.2, 0) is 14.4 Å². The molecular weight excluding hydrogens is 196 g/mol. The summed E-state index contributed by atoms with van der Waals surface area (Å²) >= 11 is 0. The molecule has 2 atom stereocenters. The van der Waals surface area contributed by atoms with Gasteiger partial charge in [-0.1, -0.05) is 0 Å². The first-order valence-corrected chi connectivity index (χ1v) is 3.66. The number of aliphatic hydroxyl groups is 1. The first kappa shape index (κ1) is 12.4. The smallest absolute Gasteiger partial charge is 0.550 e. The number of carbonyl (C=O) groups excluding carboxylic acids is 3. The molecular formula is C7H8O7-2. The van der Waals surface area contributed by atoms with Gasteiger partial charge in [-0.05, 0) is 12.8 Å². The van der Waals surface area contributed by atoms with Gasteiger partial charge < -0.3 is 34.8 Å². The molecule has 0 aliphatic heterocycles. The van der Waals surface area contributed by atoms with Crippen LogP contribution in [0.4, 0.5) is 0 Å². The molecule has 0 fully saturated rings. The molecule has 0 aromatic carbocycles. The summed E-state index contributed by atoms with van der Waals surface area (Å²) < 4.78 is 0. The molecule has 0 aliphatic rings. The van der Waals surface area contributed by atoms with Crippen molar-refractivity contribution in [3.05, 3.63) is 0 Å². The van der Waals surface area contributed by atoms with Gasteiger partial charge in [0.25, 0.3) is 0 Å². The predicted octanol–water partition coefficient (Wildman–Crippen LogP) is -4.89. The number of aliphatic carboxylic acids is 3. The van der Waals surface area contributed by atoms with Crippen molar-refractivity contribution in [1.29, 1.82) is 0 Å². The molecule has 0 aromatic rings. The minimum absolute atomic E-state index is 0. The van der Waals surface area contributed by atoms with Crippen LogP contribution in [0.5, 0.6) is 0 Å². The highest BCUT2D eigenvalue weighted by Gasteiger charge is 2.21. The minimum Gasteiger partial charge on any atom is -0.550 e. The Hall–Kier alpha value is -1.63. The van der Waals surface area contributed by atoms with Crippen molar-refractivity contribution in [2.45, 2.75) is 18.9 Å². The molecule has 0 saturated heterocycles. The summed E-state index contributed by atoms with van der Waals surface area (Å²) in [6.45, 7) is 0. The fourth-order valence-electron chi connectivity index (χ4n) is 0.842. The van der Waals surface area contributed by atoms with E-state index in [1.54, 1.807) is 0 Å². The second kappa shape index (κ2) is 5.18. The maximum absolute atomic E-state index is 10.3. The summed E-state index contributed by atoms with van der Waals surface area (Å²) in [6.07, 6.45) is -3.54. The van der Waals surface area contributed by atoms with Gasteiger partial charge >= 0.3 is 1.43 Å². The van der Waals surface area contributed by atoms with E-state index in [-0.39, 0.29) is 1.43 Å². The monoisotopic (exact) mass is 204 g/mol. The van der Waals surface area contributed by atoms with Gasteiger partial charge in [0.15, 0.2) is 0 Å². The summed E-state index contributed by atoms with van der Waals surface area (Å²) in [4.78, 5) is 30.3. The summed E-state index contributed by atoms with van der Waals surface area (Å²) in [5.74, 6) is -7.18. The molecule has 0 amide bonds. The molecule has 2 unspecified atom stereocenters. The zero-order chi connectivity index (χ0) is 11.3. The first-order valence-electron chi connectivity index (χ1n) is 3.66. The van der Waals surface area contributed by atoms with Gasteiger partial charge in [0, 0.05) is 17.9 Å². The number of hydrogen-bond acceptors (Lipinski definition) is 7. The minimum atomic E-state index is -2.28. The maximum Gasteiger partial charge on any atom is 1.00 e. The molecule has 0 heterocycles. The lowest BCUT2D eigenvalue weighted by molar-refractivity contribution is -0.331. The number of aliphatic hydroxyl groups excluding tert-OH is 1. The number of carboxylic acid groups (broad SMARTS) is 3. The Labute approximate surface area is 80.1 Å². The molecule has 0 bridgehead atoms. The highest BCUT2D eigenvalue weighted by molar-refractivity contribution is 5.79. The summed E-state index contributed by atoms with van der Waals surface area (Å²) in [6, 6.07) is 0. The van der Waals surface area contributed by atoms with Crippen molar-refractivity contribution in [2.75, 3.05) is 0 Å². The van der Waals surface area contributed by atoms with Crippen LogP contribution in [-0.4, -0.2) is 29.1 Å². The lowest BCUT2D eigenvalue weighted by Gasteiger charge is -2.24. The van der Waals surface area contributed by atoms with Gasteiger partial charge in [-0.15, -0.1) is 0 Å². The molecule has 0 aliphatic carbocycles. The summed E-state index contributed by atoms with van der Waals surface area (Å²) in [7, 11) is 0. The van der Waals surface area contributed by atoms with Crippen molar-refractivity contribution in [3.8, 4) is 0 Å². The van der Waals surface area contributed by atoms with Crippen molar-refractivity contribution in [3.63, 3.8) is 0 Å². The Kier molecular flexibility index (Phi) is 4.57. The van der Waals surface area contributed by atoms with E-state index < -0.39 is 42.8 Å². The number of hydrogen-bond donors (Lipinski definition) is 1. The zero-order valence-electron chi connectivity index (χ0n) is 7.97. The van der Waals surface area contributed by atoms with Gasteiger partial charge in [0.05, 0.1) is 5.97 Å². The third-order valence-electron chi connectivity index (χ3n) is 1.58. The van der Waals surface area contributed by atoms with Crippen LogP contribution in [0.2, 0.25) is 0 Å². The van der Waals surface area contributed by atoms with E-state index >= 15 is 0 Å². The molecule has 0 radical (unpaired) electrons. The highest BCUT2D eigenvalue weighted by Crippen LogP contribution is 2.10. The normalized spacial score (nSPS) is 14.4. The average Bonchev–Trinajstić information content (AvgIpc) is 2.02. The van der Waals surface area contributed by atoms with Crippen molar-refractivity contribution < 1.29 is 36.2 Å². The van der Waals surface area contributed by atoms with Gasteiger partial charge in [-0.2, -0.15) is 0 Å². The van der Waals surface area contributed by atoms with Crippen molar-refractivity contribution >= 4 is 17.9 Å². The fraction of sp³-hybridized carbons (Fsp3) is 0.571. The van der Waals surface area contributed by atoms with E-state index in [1.807, 2.05) is 0 Å². The van der Waals surface area contributed by atoms with Crippen molar-refractivity contribution in [1.82, 2.24) is 0 Å². The molecule has 80 valence electrons. The van der Waals surface area contributed by atoms with Crippen LogP contribution in [0.3, 0.4) is 0 Å². The van der Waals surface area contributed by atoms with Crippen LogP contribution in [0, 0.1) is 5.92 Å². The van der Waals surface area contributed by atoms with E-state index in [0.717, 1.165) is 0 Å². The molecule has 7 heteroatoms. The quantitative estimate of drug-likeness (QED) is 0.457. The molecule has 14 heavy (non-hydrogen) atoms. The van der Waals surface area contributed by atoms with Crippen LogP contribution in [0.25, 0.3) is 0 Å². The molecule has 0 rings (SSSR count). The molecule has 1 N–H and O–H groups in total. The summed E-state index contributed by atoms with van der Waals surface area (Å²) in [5.41, 5.74) is 0. The lowest BCUT2D eigenvalue weighted by atomic mass is 9.97. The third-order valence-corrected chi connectivity index (χ3v) is 1.58. The van der Waals surface area contributed by atoms with Crippen LogP contribution in [0.15, 0.2) is 0 Å². The van der Waals surface area contributed by atoms with E-state index in [4.69, 9.17) is 5.11 Å². The van der Waals surface area contributed by atoms with Gasteiger partial charge in [-0.3, -0.25) is 0 Å². The van der Waals surface area contributed by atoms with Crippen molar-refractivity contribution in [2.24, 2.45) is 5.92 Å². The fourth-order valence-corrected chi connectivity index (χ4v) is 0.842. The number of carboxylic acids is 3. The predicted molar refractivity (Wildman–Crippen MR) is 34.9 cm³/mol. The topological polar surface area (TPSA) is 141 Å².